The first-order valence-corrected chi connectivity index (χ1v) is 7.24. The fourth-order valence-electron chi connectivity index (χ4n) is 2.44. The Labute approximate surface area is 124 Å². The van der Waals surface area contributed by atoms with Gasteiger partial charge in [0, 0.05) is 12.6 Å². The fourth-order valence-corrected chi connectivity index (χ4v) is 2.44. The Morgan fingerprint density at radius 1 is 1.38 bits per heavy atom. The van der Waals surface area contributed by atoms with Crippen molar-refractivity contribution in [3.8, 4) is 0 Å². The molecule has 0 aromatic heterocycles. The zero-order valence-corrected chi connectivity index (χ0v) is 12.3. The van der Waals surface area contributed by atoms with Gasteiger partial charge in [-0.15, -0.1) is 0 Å². The third kappa shape index (κ3) is 5.58. The second kappa shape index (κ2) is 8.46. The van der Waals surface area contributed by atoms with Crippen LogP contribution in [0.5, 0.6) is 0 Å². The van der Waals surface area contributed by atoms with Crippen molar-refractivity contribution in [2.24, 2.45) is 5.73 Å². The van der Waals surface area contributed by atoms with Crippen LogP contribution >= 0.6 is 0 Å². The SMILES string of the molecule is CCCN(C(=O)N[C@@H](CC(N)=O)C(=O)O)C1CCNCC1. The molecule has 3 amide bonds. The molecule has 5 N–H and O–H groups in total. The lowest BCUT2D eigenvalue weighted by Crippen LogP contribution is -2.54. The van der Waals surface area contributed by atoms with Crippen LogP contribution in [0.25, 0.3) is 0 Å². The van der Waals surface area contributed by atoms with Crippen molar-refractivity contribution >= 4 is 17.9 Å². The van der Waals surface area contributed by atoms with Gasteiger partial charge in [-0.05, 0) is 32.4 Å². The maximum Gasteiger partial charge on any atom is 0.326 e. The number of aliphatic carboxylic acids is 1. The molecule has 1 heterocycles. The lowest BCUT2D eigenvalue weighted by atomic mass is 10.0. The van der Waals surface area contributed by atoms with Crippen LogP contribution in [-0.2, 0) is 9.59 Å². The number of hydrogen-bond acceptors (Lipinski definition) is 4. The first-order valence-electron chi connectivity index (χ1n) is 7.24. The zero-order valence-electron chi connectivity index (χ0n) is 12.3. The van der Waals surface area contributed by atoms with Crippen LogP contribution in [0.2, 0.25) is 0 Å². The van der Waals surface area contributed by atoms with Crippen LogP contribution in [0.4, 0.5) is 4.79 Å². The van der Waals surface area contributed by atoms with Gasteiger partial charge in [-0.25, -0.2) is 9.59 Å². The maximum atomic E-state index is 12.3. The number of amides is 3. The molecule has 0 unspecified atom stereocenters. The topological polar surface area (TPSA) is 125 Å². The van der Waals surface area contributed by atoms with E-state index >= 15 is 0 Å². The van der Waals surface area contributed by atoms with Crippen molar-refractivity contribution in [1.29, 1.82) is 0 Å². The van der Waals surface area contributed by atoms with Crippen LogP contribution in [0.1, 0.15) is 32.6 Å². The van der Waals surface area contributed by atoms with Crippen molar-refractivity contribution in [2.75, 3.05) is 19.6 Å². The predicted molar refractivity (Wildman–Crippen MR) is 76.7 cm³/mol. The number of carboxylic acids is 1. The molecule has 21 heavy (non-hydrogen) atoms. The number of carbonyl (C=O) groups excluding carboxylic acids is 2. The number of primary amides is 1. The Kier molecular flexibility index (Phi) is 6.93. The van der Waals surface area contributed by atoms with Gasteiger partial charge in [0.15, 0.2) is 0 Å². The van der Waals surface area contributed by atoms with E-state index in [1.807, 2.05) is 6.92 Å². The number of nitrogens with zero attached hydrogens (tertiary/aromatic N) is 1. The van der Waals surface area contributed by atoms with Crippen molar-refractivity contribution in [1.82, 2.24) is 15.5 Å². The monoisotopic (exact) mass is 300 g/mol. The largest absolute Gasteiger partial charge is 0.480 e. The summed E-state index contributed by atoms with van der Waals surface area (Å²) < 4.78 is 0. The van der Waals surface area contributed by atoms with E-state index in [0.29, 0.717) is 6.54 Å². The highest BCUT2D eigenvalue weighted by atomic mass is 16.4. The Hall–Kier alpha value is -1.83. The number of urea groups is 1. The van der Waals surface area contributed by atoms with Gasteiger partial charge < -0.3 is 26.4 Å². The van der Waals surface area contributed by atoms with Crippen LogP contribution in [0, 0.1) is 0 Å². The minimum absolute atomic E-state index is 0.0919. The molecule has 0 bridgehead atoms. The van der Waals surface area contributed by atoms with Gasteiger partial charge in [0.05, 0.1) is 6.42 Å². The summed E-state index contributed by atoms with van der Waals surface area (Å²) in [6.07, 6.45) is 2.04. The predicted octanol–water partition coefficient (Wildman–Crippen LogP) is -0.511. The van der Waals surface area contributed by atoms with E-state index in [9.17, 15) is 14.4 Å². The summed E-state index contributed by atoms with van der Waals surface area (Å²) in [6.45, 7) is 4.18. The summed E-state index contributed by atoms with van der Waals surface area (Å²) in [5, 5.41) is 14.7. The van der Waals surface area contributed by atoms with Gasteiger partial charge >= 0.3 is 12.0 Å². The van der Waals surface area contributed by atoms with Gasteiger partial charge in [0.2, 0.25) is 5.91 Å². The van der Waals surface area contributed by atoms with Crippen LogP contribution in [0.3, 0.4) is 0 Å². The van der Waals surface area contributed by atoms with Gasteiger partial charge in [-0.3, -0.25) is 4.79 Å². The Balaban J connectivity index is 2.69. The number of rotatable bonds is 7. The number of piperidine rings is 1. The summed E-state index contributed by atoms with van der Waals surface area (Å²) in [5.74, 6) is -2.02. The highest BCUT2D eigenvalue weighted by Crippen LogP contribution is 2.13. The minimum atomic E-state index is -1.28. The molecule has 0 aromatic rings. The maximum absolute atomic E-state index is 12.3. The van der Waals surface area contributed by atoms with E-state index in [1.54, 1.807) is 4.90 Å². The van der Waals surface area contributed by atoms with Crippen molar-refractivity contribution < 1.29 is 19.5 Å². The standard InChI is InChI=1S/C13H24N4O4/c1-2-7-17(9-3-5-15-6-4-9)13(21)16-10(12(19)20)8-11(14)18/h9-10,15H,2-8H2,1H3,(H2,14,18)(H,16,21)(H,19,20)/t10-/m0/s1. The van der Waals surface area contributed by atoms with Crippen LogP contribution in [0.15, 0.2) is 0 Å². The molecule has 1 rings (SSSR count). The average molecular weight is 300 g/mol. The van der Waals surface area contributed by atoms with E-state index in [-0.39, 0.29) is 6.04 Å². The normalized spacial score (nSPS) is 17.0. The summed E-state index contributed by atoms with van der Waals surface area (Å²) >= 11 is 0. The van der Waals surface area contributed by atoms with Gasteiger partial charge in [0.1, 0.15) is 6.04 Å². The highest BCUT2D eigenvalue weighted by Gasteiger charge is 2.29. The molecular formula is C13H24N4O4. The molecule has 8 heteroatoms. The van der Waals surface area contributed by atoms with Gasteiger partial charge in [0.25, 0.3) is 0 Å². The smallest absolute Gasteiger partial charge is 0.326 e. The van der Waals surface area contributed by atoms with Gasteiger partial charge in [-0.2, -0.15) is 0 Å². The first kappa shape index (κ1) is 17.2. The van der Waals surface area contributed by atoms with Crippen LogP contribution in [-0.4, -0.2) is 59.6 Å². The number of carboxylic acid groups (broad SMARTS) is 1. The molecule has 120 valence electrons. The van der Waals surface area contributed by atoms with Gasteiger partial charge in [-0.1, -0.05) is 6.92 Å². The minimum Gasteiger partial charge on any atom is -0.480 e. The molecule has 8 nitrogen and oxygen atoms in total. The zero-order chi connectivity index (χ0) is 15.8. The van der Waals surface area contributed by atoms with Crippen molar-refractivity contribution in [2.45, 2.75) is 44.7 Å². The van der Waals surface area contributed by atoms with E-state index in [2.05, 4.69) is 10.6 Å². The fraction of sp³-hybridized carbons (Fsp3) is 0.769. The molecule has 0 radical (unpaired) electrons. The molecule has 1 atom stereocenters. The van der Waals surface area contributed by atoms with Crippen molar-refractivity contribution in [3.05, 3.63) is 0 Å². The Morgan fingerprint density at radius 3 is 2.48 bits per heavy atom. The summed E-state index contributed by atoms with van der Waals surface area (Å²) in [4.78, 5) is 35.9. The Bertz CT molecular complexity index is 382. The number of hydrogen-bond donors (Lipinski definition) is 4. The molecule has 1 aliphatic rings. The molecule has 0 saturated carbocycles. The second-order valence-electron chi connectivity index (χ2n) is 5.19. The van der Waals surface area contributed by atoms with Crippen LogP contribution < -0.4 is 16.4 Å². The molecule has 1 saturated heterocycles. The third-order valence-corrected chi connectivity index (χ3v) is 3.48. The highest BCUT2D eigenvalue weighted by molar-refractivity contribution is 5.87. The summed E-state index contributed by atoms with van der Waals surface area (Å²) in [5.41, 5.74) is 5.01. The Morgan fingerprint density at radius 2 is 2.00 bits per heavy atom. The second-order valence-corrected chi connectivity index (χ2v) is 5.19. The van der Waals surface area contributed by atoms with E-state index < -0.39 is 30.4 Å². The average Bonchev–Trinajstić information content (AvgIpc) is 2.44. The molecular weight excluding hydrogens is 276 g/mol. The number of carbonyl (C=O) groups is 3. The van der Waals surface area contributed by atoms with E-state index in [0.717, 1.165) is 32.4 Å². The van der Waals surface area contributed by atoms with Crippen molar-refractivity contribution in [3.63, 3.8) is 0 Å². The van der Waals surface area contributed by atoms with E-state index in [1.165, 1.54) is 0 Å². The molecule has 0 aliphatic carbocycles. The summed E-state index contributed by atoms with van der Waals surface area (Å²) in [6, 6.07) is -1.64. The molecule has 0 aromatic carbocycles. The third-order valence-electron chi connectivity index (χ3n) is 3.48. The number of nitrogens with one attached hydrogen (secondary N) is 2. The lowest BCUT2D eigenvalue weighted by Gasteiger charge is -2.35. The summed E-state index contributed by atoms with van der Waals surface area (Å²) in [7, 11) is 0. The van der Waals surface area contributed by atoms with E-state index in [4.69, 9.17) is 10.8 Å². The molecule has 0 spiro atoms. The lowest BCUT2D eigenvalue weighted by molar-refractivity contribution is -0.141. The number of nitrogens with two attached hydrogens (primary N) is 1. The quantitative estimate of drug-likeness (QED) is 0.504. The molecule has 1 fully saturated rings. The molecule has 1 aliphatic heterocycles. The first-order chi connectivity index (χ1) is 9.95.